The van der Waals surface area contributed by atoms with E-state index in [0.717, 1.165) is 37.8 Å². The van der Waals surface area contributed by atoms with Crippen LogP contribution in [0, 0.1) is 5.92 Å². The summed E-state index contributed by atoms with van der Waals surface area (Å²) in [5.41, 5.74) is 2.42. The molecular weight excluding hydrogens is 385 g/mol. The number of nitrogens with zero attached hydrogens (tertiary/aromatic N) is 2. The lowest BCUT2D eigenvalue weighted by Crippen LogP contribution is -2.26. The number of hydrogen-bond acceptors (Lipinski definition) is 1. The summed E-state index contributed by atoms with van der Waals surface area (Å²) in [7, 11) is 0. The quantitative estimate of drug-likeness (QED) is 0.383. The van der Waals surface area contributed by atoms with Gasteiger partial charge in [-0.15, -0.1) is 0 Å². The van der Waals surface area contributed by atoms with Crippen LogP contribution >= 0.6 is 0 Å². The first kappa shape index (κ1) is 22.2. The van der Waals surface area contributed by atoms with E-state index < -0.39 is 11.7 Å². The number of aromatic nitrogens is 1. The minimum Gasteiger partial charge on any atom is -0.346 e. The van der Waals surface area contributed by atoms with Gasteiger partial charge < -0.3 is 4.57 Å². The van der Waals surface area contributed by atoms with Gasteiger partial charge in [-0.05, 0) is 54.3 Å². The zero-order valence-corrected chi connectivity index (χ0v) is 17.6. The van der Waals surface area contributed by atoms with Crippen molar-refractivity contribution in [1.82, 2.24) is 9.47 Å². The highest BCUT2D eigenvalue weighted by Gasteiger charge is 2.30. The van der Waals surface area contributed by atoms with E-state index >= 15 is 0 Å². The van der Waals surface area contributed by atoms with Gasteiger partial charge in [0, 0.05) is 31.5 Å². The molecule has 30 heavy (non-hydrogen) atoms. The van der Waals surface area contributed by atoms with Crippen LogP contribution in [0.5, 0.6) is 0 Å². The van der Waals surface area contributed by atoms with Gasteiger partial charge in [-0.25, -0.2) is 0 Å². The zero-order chi connectivity index (χ0) is 21.6. The normalized spacial score (nSPS) is 12.1. The molecule has 0 amide bonds. The number of hydrogen-bond donors (Lipinski definition) is 0. The minimum atomic E-state index is -4.32. The van der Waals surface area contributed by atoms with E-state index in [9.17, 15) is 13.2 Å². The predicted octanol–water partition coefficient (Wildman–Crippen LogP) is 6.60. The maximum atomic E-state index is 13.0. The summed E-state index contributed by atoms with van der Waals surface area (Å²) >= 11 is 0. The highest BCUT2D eigenvalue weighted by Crippen LogP contribution is 2.29. The van der Waals surface area contributed by atoms with Crippen LogP contribution in [0.15, 0.2) is 72.9 Å². The van der Waals surface area contributed by atoms with E-state index in [1.54, 1.807) is 6.07 Å². The Morgan fingerprint density at radius 1 is 0.867 bits per heavy atom. The van der Waals surface area contributed by atoms with Crippen LogP contribution in [0.4, 0.5) is 13.2 Å². The number of alkyl halides is 3. The summed E-state index contributed by atoms with van der Waals surface area (Å²) in [6.07, 6.45) is -1.28. The van der Waals surface area contributed by atoms with Gasteiger partial charge in [-0.1, -0.05) is 56.3 Å². The van der Waals surface area contributed by atoms with Gasteiger partial charge in [0.2, 0.25) is 0 Å². The second-order valence-electron chi connectivity index (χ2n) is 8.20. The molecule has 160 valence electrons. The zero-order valence-electron chi connectivity index (χ0n) is 17.6. The molecule has 2 aromatic carbocycles. The van der Waals surface area contributed by atoms with Crippen molar-refractivity contribution in [2.24, 2.45) is 5.92 Å². The molecule has 3 rings (SSSR count). The third-order valence-electron chi connectivity index (χ3n) is 5.19. The molecule has 0 saturated heterocycles. The van der Waals surface area contributed by atoms with Crippen molar-refractivity contribution in [3.05, 3.63) is 95.3 Å². The van der Waals surface area contributed by atoms with Gasteiger partial charge in [-0.2, -0.15) is 13.2 Å². The summed E-state index contributed by atoms with van der Waals surface area (Å²) in [6, 6.07) is 20.0. The van der Waals surface area contributed by atoms with E-state index in [1.807, 2.05) is 35.0 Å². The van der Waals surface area contributed by atoms with E-state index in [0.29, 0.717) is 18.0 Å². The van der Waals surface area contributed by atoms with Crippen LogP contribution in [0.25, 0.3) is 0 Å². The Hall–Kier alpha value is -2.53. The van der Waals surface area contributed by atoms with Crippen LogP contribution in [-0.4, -0.2) is 16.0 Å². The number of halogens is 3. The molecule has 0 N–H and O–H groups in total. The lowest BCUT2D eigenvalue weighted by atomic mass is 10.1. The smallest absolute Gasteiger partial charge is 0.346 e. The first-order valence-corrected chi connectivity index (χ1v) is 10.4. The highest BCUT2D eigenvalue weighted by atomic mass is 19.4. The minimum absolute atomic E-state index is 0.426. The number of rotatable bonds is 9. The molecule has 1 aromatic heterocycles. The second kappa shape index (κ2) is 9.98. The monoisotopic (exact) mass is 414 g/mol. The lowest BCUT2D eigenvalue weighted by molar-refractivity contribution is -0.137. The van der Waals surface area contributed by atoms with Gasteiger partial charge >= 0.3 is 6.18 Å². The fourth-order valence-electron chi connectivity index (χ4n) is 3.52. The fraction of sp³-hybridized carbons (Fsp3) is 0.360. The Balaban J connectivity index is 1.74. The molecule has 0 spiro atoms. The van der Waals surface area contributed by atoms with Crippen molar-refractivity contribution in [2.45, 2.75) is 46.1 Å². The van der Waals surface area contributed by atoms with Crippen LogP contribution in [0.1, 0.15) is 42.7 Å². The van der Waals surface area contributed by atoms with Crippen molar-refractivity contribution in [3.63, 3.8) is 0 Å². The molecule has 0 atom stereocenters. The van der Waals surface area contributed by atoms with E-state index in [-0.39, 0.29) is 0 Å². The maximum absolute atomic E-state index is 13.0. The van der Waals surface area contributed by atoms with Gasteiger partial charge in [0.25, 0.3) is 0 Å². The molecule has 0 fully saturated rings. The molecule has 0 unspecified atom stereocenters. The van der Waals surface area contributed by atoms with Gasteiger partial charge in [-0.3, -0.25) is 4.90 Å². The average molecular weight is 415 g/mol. The highest BCUT2D eigenvalue weighted by molar-refractivity contribution is 5.26. The fourth-order valence-corrected chi connectivity index (χ4v) is 3.52. The molecule has 0 saturated carbocycles. The lowest BCUT2D eigenvalue weighted by Gasteiger charge is -2.24. The molecular formula is C25H29F3N2. The third kappa shape index (κ3) is 6.49. The van der Waals surface area contributed by atoms with Crippen molar-refractivity contribution >= 4 is 0 Å². The maximum Gasteiger partial charge on any atom is 0.416 e. The standard InChI is InChI=1S/C25H29F3N2/c1-20(2)13-15-29(17-21-8-4-3-5-9-21)19-24-12-7-14-30(24)18-22-10-6-11-23(16-22)25(26,27)28/h3-12,14,16,20H,13,15,17-19H2,1-2H3. The Bertz CT molecular complexity index is 913. The first-order valence-electron chi connectivity index (χ1n) is 10.4. The molecule has 2 nitrogen and oxygen atoms in total. The summed E-state index contributed by atoms with van der Waals surface area (Å²) in [5.74, 6) is 0.611. The largest absolute Gasteiger partial charge is 0.416 e. The van der Waals surface area contributed by atoms with Crippen LogP contribution in [0.3, 0.4) is 0 Å². The van der Waals surface area contributed by atoms with Gasteiger partial charge in [0.1, 0.15) is 0 Å². The van der Waals surface area contributed by atoms with Crippen LogP contribution in [-0.2, 0) is 25.8 Å². The van der Waals surface area contributed by atoms with Crippen molar-refractivity contribution in [3.8, 4) is 0 Å². The molecule has 0 aliphatic heterocycles. The van der Waals surface area contributed by atoms with E-state index in [4.69, 9.17) is 0 Å². The SMILES string of the molecule is CC(C)CCN(Cc1ccccc1)Cc1cccn1Cc1cccc(C(F)(F)F)c1. The Morgan fingerprint density at radius 3 is 2.30 bits per heavy atom. The molecule has 0 aliphatic rings. The summed E-state index contributed by atoms with van der Waals surface area (Å²) in [6.45, 7) is 7.45. The molecule has 0 aliphatic carbocycles. The van der Waals surface area contributed by atoms with Crippen molar-refractivity contribution < 1.29 is 13.2 Å². The molecule has 0 radical (unpaired) electrons. The Labute approximate surface area is 177 Å². The van der Waals surface area contributed by atoms with Crippen LogP contribution < -0.4 is 0 Å². The van der Waals surface area contributed by atoms with Crippen LogP contribution in [0.2, 0.25) is 0 Å². The average Bonchev–Trinajstić information content (AvgIpc) is 3.13. The predicted molar refractivity (Wildman–Crippen MR) is 115 cm³/mol. The number of benzene rings is 2. The van der Waals surface area contributed by atoms with Crippen molar-refractivity contribution in [2.75, 3.05) is 6.54 Å². The topological polar surface area (TPSA) is 8.17 Å². The molecule has 1 heterocycles. The van der Waals surface area contributed by atoms with Gasteiger partial charge in [0.05, 0.1) is 5.56 Å². The molecule has 5 heteroatoms. The Kier molecular flexibility index (Phi) is 7.38. The van der Waals surface area contributed by atoms with Crippen molar-refractivity contribution in [1.29, 1.82) is 0 Å². The van der Waals surface area contributed by atoms with E-state index in [1.165, 1.54) is 17.7 Å². The van der Waals surface area contributed by atoms with Gasteiger partial charge in [0.15, 0.2) is 0 Å². The van der Waals surface area contributed by atoms with E-state index in [2.05, 4.69) is 36.9 Å². The summed E-state index contributed by atoms with van der Waals surface area (Å²) in [5, 5.41) is 0. The first-order chi connectivity index (χ1) is 14.3. The molecule has 0 bridgehead atoms. The molecule has 3 aromatic rings. The second-order valence-corrected chi connectivity index (χ2v) is 8.20. The summed E-state index contributed by atoms with van der Waals surface area (Å²) in [4.78, 5) is 2.41. The Morgan fingerprint density at radius 2 is 1.60 bits per heavy atom. The summed E-state index contributed by atoms with van der Waals surface area (Å²) < 4.78 is 41.2. The third-order valence-corrected chi connectivity index (χ3v) is 5.19.